The summed E-state index contributed by atoms with van der Waals surface area (Å²) in [6.07, 6.45) is 0. The predicted molar refractivity (Wildman–Crippen MR) is 112 cm³/mol. The number of aromatic nitrogens is 2. The van der Waals surface area contributed by atoms with Gasteiger partial charge in [0.1, 0.15) is 17.2 Å². The summed E-state index contributed by atoms with van der Waals surface area (Å²) in [6.45, 7) is 0. The van der Waals surface area contributed by atoms with Gasteiger partial charge < -0.3 is 30.6 Å². The summed E-state index contributed by atoms with van der Waals surface area (Å²) in [5.41, 5.74) is 6.42. The van der Waals surface area contributed by atoms with Crippen LogP contribution in [0.4, 0.5) is 34.6 Å². The Hall–Kier alpha value is -4.28. The van der Waals surface area contributed by atoms with E-state index in [-0.39, 0.29) is 17.6 Å². The molecule has 156 valence electrons. The van der Waals surface area contributed by atoms with E-state index in [1.807, 2.05) is 0 Å². The highest BCUT2D eigenvalue weighted by Crippen LogP contribution is 2.36. The van der Waals surface area contributed by atoms with Gasteiger partial charge >= 0.3 is 5.69 Å². The predicted octanol–water partition coefficient (Wildman–Crippen LogP) is 3.48. The number of rotatable bonds is 8. The molecule has 3 aromatic rings. The Kier molecular flexibility index (Phi) is 6.01. The van der Waals surface area contributed by atoms with Crippen molar-refractivity contribution in [1.29, 1.82) is 0 Å². The SMILES string of the molecule is COc1cccc(Nc2nc(N)c([N+](=O)[O-])c(Nc3cc(OC)ccc3OC)n2)c1. The molecule has 0 bridgehead atoms. The third-order valence-corrected chi connectivity index (χ3v) is 4.08. The number of hydrogen-bond acceptors (Lipinski definition) is 10. The summed E-state index contributed by atoms with van der Waals surface area (Å²) in [5.74, 6) is 1.24. The number of nitrogens with zero attached hydrogens (tertiary/aromatic N) is 3. The van der Waals surface area contributed by atoms with Crippen LogP contribution in [0, 0.1) is 10.1 Å². The number of nitro groups is 1. The number of anilines is 5. The van der Waals surface area contributed by atoms with Crippen molar-refractivity contribution in [2.75, 3.05) is 37.7 Å². The smallest absolute Gasteiger partial charge is 0.353 e. The minimum atomic E-state index is -0.653. The molecule has 3 rings (SSSR count). The average molecular weight is 412 g/mol. The van der Waals surface area contributed by atoms with Crippen molar-refractivity contribution in [1.82, 2.24) is 9.97 Å². The quantitative estimate of drug-likeness (QED) is 0.371. The van der Waals surface area contributed by atoms with Gasteiger partial charge in [0.25, 0.3) is 0 Å². The molecule has 1 heterocycles. The lowest BCUT2D eigenvalue weighted by Gasteiger charge is -2.14. The summed E-state index contributed by atoms with van der Waals surface area (Å²) in [7, 11) is 4.53. The molecule has 0 atom stereocenters. The van der Waals surface area contributed by atoms with E-state index in [1.54, 1.807) is 49.6 Å². The molecule has 30 heavy (non-hydrogen) atoms. The van der Waals surface area contributed by atoms with Crippen LogP contribution in [-0.2, 0) is 0 Å². The van der Waals surface area contributed by atoms with Crippen LogP contribution < -0.4 is 30.6 Å². The molecular formula is C19H20N6O5. The standard InChI is InChI=1S/C19H20N6O5/c1-28-12-6-4-5-11(9-12)21-19-23-17(20)16(25(26)27)18(24-19)22-14-10-13(29-2)7-8-15(14)30-3/h4-10H,1-3H3,(H4,20,21,22,23,24). The Morgan fingerprint density at radius 3 is 2.37 bits per heavy atom. The minimum absolute atomic E-state index is 0.0655. The van der Waals surface area contributed by atoms with Crippen LogP contribution in [0.3, 0.4) is 0 Å². The summed E-state index contributed by atoms with van der Waals surface area (Å²) >= 11 is 0. The number of nitrogens with one attached hydrogen (secondary N) is 2. The first-order chi connectivity index (χ1) is 14.4. The lowest BCUT2D eigenvalue weighted by Crippen LogP contribution is -2.09. The summed E-state index contributed by atoms with van der Waals surface area (Å²) in [6, 6.07) is 12.0. The second kappa shape index (κ2) is 8.82. The molecule has 0 aliphatic heterocycles. The average Bonchev–Trinajstić information content (AvgIpc) is 2.73. The second-order valence-electron chi connectivity index (χ2n) is 5.93. The van der Waals surface area contributed by atoms with Gasteiger partial charge in [-0.3, -0.25) is 10.1 Å². The van der Waals surface area contributed by atoms with Gasteiger partial charge in [0, 0.05) is 17.8 Å². The number of hydrogen-bond donors (Lipinski definition) is 3. The van der Waals surface area contributed by atoms with E-state index in [4.69, 9.17) is 19.9 Å². The highest BCUT2D eigenvalue weighted by molar-refractivity contribution is 5.77. The zero-order chi connectivity index (χ0) is 21.7. The van der Waals surface area contributed by atoms with Crippen molar-refractivity contribution in [3.05, 3.63) is 52.6 Å². The number of methoxy groups -OCH3 is 3. The maximum absolute atomic E-state index is 11.6. The Labute approximate surface area is 172 Å². The molecule has 0 amide bonds. The van der Waals surface area contributed by atoms with Crippen molar-refractivity contribution in [2.45, 2.75) is 0 Å². The number of ether oxygens (including phenoxy) is 3. The van der Waals surface area contributed by atoms with Gasteiger partial charge in [-0.2, -0.15) is 9.97 Å². The Bertz CT molecular complexity index is 1080. The van der Waals surface area contributed by atoms with E-state index in [0.29, 0.717) is 28.6 Å². The van der Waals surface area contributed by atoms with E-state index in [1.165, 1.54) is 14.2 Å². The molecule has 11 nitrogen and oxygen atoms in total. The van der Waals surface area contributed by atoms with Crippen LogP contribution in [0.25, 0.3) is 0 Å². The van der Waals surface area contributed by atoms with Crippen LogP contribution >= 0.6 is 0 Å². The Morgan fingerprint density at radius 1 is 0.967 bits per heavy atom. The molecule has 0 aliphatic rings. The van der Waals surface area contributed by atoms with Crippen molar-refractivity contribution in [2.24, 2.45) is 0 Å². The number of nitrogen functional groups attached to an aromatic ring is 1. The minimum Gasteiger partial charge on any atom is -0.497 e. The number of nitrogens with two attached hydrogens (primary N) is 1. The third kappa shape index (κ3) is 4.41. The van der Waals surface area contributed by atoms with Gasteiger partial charge in [0.15, 0.2) is 0 Å². The summed E-state index contributed by atoms with van der Waals surface area (Å²) < 4.78 is 15.7. The molecule has 0 spiro atoms. The summed E-state index contributed by atoms with van der Waals surface area (Å²) in [4.78, 5) is 19.2. The third-order valence-electron chi connectivity index (χ3n) is 4.08. The maximum Gasteiger partial charge on any atom is 0.353 e. The normalized spacial score (nSPS) is 10.2. The topological polar surface area (TPSA) is 147 Å². The van der Waals surface area contributed by atoms with E-state index in [9.17, 15) is 10.1 Å². The van der Waals surface area contributed by atoms with Crippen molar-refractivity contribution in [3.8, 4) is 17.2 Å². The molecule has 0 saturated heterocycles. The van der Waals surface area contributed by atoms with Gasteiger partial charge in [-0.1, -0.05) is 6.07 Å². The molecule has 4 N–H and O–H groups in total. The molecule has 11 heteroatoms. The van der Waals surface area contributed by atoms with Crippen LogP contribution in [0.15, 0.2) is 42.5 Å². The summed E-state index contributed by atoms with van der Waals surface area (Å²) in [5, 5.41) is 17.4. The first-order valence-corrected chi connectivity index (χ1v) is 8.67. The Balaban J connectivity index is 2.03. The van der Waals surface area contributed by atoms with Gasteiger partial charge in [-0.25, -0.2) is 0 Å². The second-order valence-corrected chi connectivity index (χ2v) is 5.93. The first-order valence-electron chi connectivity index (χ1n) is 8.67. The van der Waals surface area contributed by atoms with Crippen LogP contribution in [0.1, 0.15) is 0 Å². The van der Waals surface area contributed by atoms with Crippen LogP contribution in [0.5, 0.6) is 17.2 Å². The fraction of sp³-hybridized carbons (Fsp3) is 0.158. The van der Waals surface area contributed by atoms with Gasteiger partial charge in [0.05, 0.1) is 31.9 Å². The fourth-order valence-electron chi connectivity index (χ4n) is 2.66. The molecule has 1 aromatic heterocycles. The van der Waals surface area contributed by atoms with E-state index in [2.05, 4.69) is 20.6 Å². The monoisotopic (exact) mass is 412 g/mol. The molecule has 0 fully saturated rings. The highest BCUT2D eigenvalue weighted by Gasteiger charge is 2.24. The lowest BCUT2D eigenvalue weighted by molar-refractivity contribution is -0.383. The van der Waals surface area contributed by atoms with E-state index < -0.39 is 10.6 Å². The molecule has 2 aromatic carbocycles. The zero-order valence-corrected chi connectivity index (χ0v) is 16.5. The molecular weight excluding hydrogens is 392 g/mol. The van der Waals surface area contributed by atoms with Crippen molar-refractivity contribution < 1.29 is 19.1 Å². The molecule has 0 radical (unpaired) electrons. The van der Waals surface area contributed by atoms with Crippen LogP contribution in [0.2, 0.25) is 0 Å². The van der Waals surface area contributed by atoms with Gasteiger partial charge in [0.2, 0.25) is 17.6 Å². The maximum atomic E-state index is 11.6. The van der Waals surface area contributed by atoms with Gasteiger partial charge in [-0.05, 0) is 24.3 Å². The number of benzene rings is 2. The zero-order valence-electron chi connectivity index (χ0n) is 16.5. The largest absolute Gasteiger partial charge is 0.497 e. The molecule has 0 unspecified atom stereocenters. The van der Waals surface area contributed by atoms with Crippen LogP contribution in [-0.4, -0.2) is 36.2 Å². The lowest BCUT2D eigenvalue weighted by atomic mass is 10.2. The van der Waals surface area contributed by atoms with Crippen molar-refractivity contribution in [3.63, 3.8) is 0 Å². The van der Waals surface area contributed by atoms with Crippen molar-refractivity contribution >= 4 is 34.6 Å². The first kappa shape index (κ1) is 20.5. The highest BCUT2D eigenvalue weighted by atomic mass is 16.6. The molecule has 0 saturated carbocycles. The van der Waals surface area contributed by atoms with E-state index in [0.717, 1.165) is 0 Å². The fourth-order valence-corrected chi connectivity index (χ4v) is 2.66. The van der Waals surface area contributed by atoms with E-state index >= 15 is 0 Å². The molecule has 0 aliphatic carbocycles. The Morgan fingerprint density at radius 2 is 1.70 bits per heavy atom. The van der Waals surface area contributed by atoms with Gasteiger partial charge in [-0.15, -0.1) is 0 Å².